The molecule has 118 valence electrons. The highest BCUT2D eigenvalue weighted by atomic mass is 32.2. The van der Waals surface area contributed by atoms with Crippen LogP contribution < -0.4 is 4.90 Å². The zero-order valence-electron chi connectivity index (χ0n) is 13.2. The molecule has 0 spiro atoms. The molecule has 1 aliphatic rings. The molecule has 0 atom stereocenters. The predicted octanol–water partition coefficient (Wildman–Crippen LogP) is 3.77. The number of para-hydroxylation sites is 2. The Morgan fingerprint density at radius 2 is 1.96 bits per heavy atom. The van der Waals surface area contributed by atoms with Gasteiger partial charge in [-0.25, -0.2) is 4.99 Å². The van der Waals surface area contributed by atoms with Gasteiger partial charge in [-0.1, -0.05) is 48.2 Å². The number of thioether (sulfide) groups is 1. The lowest BCUT2D eigenvalue weighted by Crippen LogP contribution is -2.27. The van der Waals surface area contributed by atoms with Gasteiger partial charge in [-0.15, -0.1) is 0 Å². The van der Waals surface area contributed by atoms with E-state index in [4.69, 9.17) is 9.73 Å². The van der Waals surface area contributed by atoms with Crippen molar-refractivity contribution in [3.05, 3.63) is 59.7 Å². The number of rotatable bonds is 3. The highest BCUT2D eigenvalue weighted by molar-refractivity contribution is 8.13. The van der Waals surface area contributed by atoms with E-state index in [1.54, 1.807) is 11.8 Å². The van der Waals surface area contributed by atoms with E-state index in [9.17, 15) is 4.79 Å². The van der Waals surface area contributed by atoms with Crippen LogP contribution in [0, 0.1) is 0 Å². The van der Waals surface area contributed by atoms with Gasteiger partial charge in [0.1, 0.15) is 0 Å². The van der Waals surface area contributed by atoms with E-state index < -0.39 is 0 Å². The SMILES string of the molecule is COC(=O)Cc1ccccc1N=C1SCc2ccccc2N1C. The smallest absolute Gasteiger partial charge is 0.310 e. The summed E-state index contributed by atoms with van der Waals surface area (Å²) < 4.78 is 4.76. The van der Waals surface area contributed by atoms with E-state index in [2.05, 4.69) is 23.1 Å². The van der Waals surface area contributed by atoms with E-state index in [1.165, 1.54) is 18.4 Å². The summed E-state index contributed by atoms with van der Waals surface area (Å²) in [7, 11) is 3.42. The molecule has 0 unspecified atom stereocenters. The molecule has 0 aromatic heterocycles. The number of hydrogen-bond acceptors (Lipinski definition) is 4. The van der Waals surface area contributed by atoms with Crippen LogP contribution in [0.25, 0.3) is 0 Å². The number of carbonyl (C=O) groups is 1. The third-order valence-electron chi connectivity index (χ3n) is 3.77. The monoisotopic (exact) mass is 326 g/mol. The number of methoxy groups -OCH3 is 1. The van der Waals surface area contributed by atoms with Gasteiger partial charge in [0.15, 0.2) is 5.17 Å². The molecule has 0 aliphatic carbocycles. The minimum atomic E-state index is -0.257. The molecule has 0 saturated carbocycles. The number of benzene rings is 2. The minimum Gasteiger partial charge on any atom is -0.469 e. The molecule has 0 saturated heterocycles. The Balaban J connectivity index is 1.92. The second kappa shape index (κ2) is 6.87. The lowest BCUT2D eigenvalue weighted by molar-refractivity contribution is -0.139. The van der Waals surface area contributed by atoms with Crippen molar-refractivity contribution in [2.24, 2.45) is 4.99 Å². The molecular weight excluding hydrogens is 308 g/mol. The van der Waals surface area contributed by atoms with Gasteiger partial charge in [0.2, 0.25) is 0 Å². The first-order chi connectivity index (χ1) is 11.2. The molecule has 0 amide bonds. The summed E-state index contributed by atoms with van der Waals surface area (Å²) in [6.45, 7) is 0. The van der Waals surface area contributed by atoms with Crippen molar-refractivity contribution in [2.45, 2.75) is 12.2 Å². The highest BCUT2D eigenvalue weighted by Crippen LogP contribution is 2.34. The van der Waals surface area contributed by atoms with Gasteiger partial charge in [-0.3, -0.25) is 4.79 Å². The van der Waals surface area contributed by atoms with Crippen LogP contribution >= 0.6 is 11.8 Å². The van der Waals surface area contributed by atoms with Gasteiger partial charge < -0.3 is 9.64 Å². The molecule has 4 nitrogen and oxygen atoms in total. The van der Waals surface area contributed by atoms with E-state index >= 15 is 0 Å². The Kier molecular flexibility index (Phi) is 4.67. The average Bonchev–Trinajstić information content (AvgIpc) is 2.59. The number of carbonyl (C=O) groups excluding carboxylic acids is 1. The molecule has 1 heterocycles. The van der Waals surface area contributed by atoms with Crippen LogP contribution in [-0.2, 0) is 21.7 Å². The van der Waals surface area contributed by atoms with E-state index in [-0.39, 0.29) is 12.4 Å². The van der Waals surface area contributed by atoms with Crippen molar-refractivity contribution in [1.82, 2.24) is 0 Å². The molecule has 23 heavy (non-hydrogen) atoms. The van der Waals surface area contributed by atoms with Crippen molar-refractivity contribution in [3.63, 3.8) is 0 Å². The third kappa shape index (κ3) is 3.40. The maximum absolute atomic E-state index is 11.6. The molecule has 2 aromatic carbocycles. The van der Waals surface area contributed by atoms with E-state index in [0.29, 0.717) is 0 Å². The first-order valence-electron chi connectivity index (χ1n) is 7.37. The number of amidine groups is 1. The fraction of sp³-hybridized carbons (Fsp3) is 0.222. The van der Waals surface area contributed by atoms with E-state index in [1.807, 2.05) is 37.4 Å². The minimum absolute atomic E-state index is 0.231. The van der Waals surface area contributed by atoms with Crippen LogP contribution in [0.2, 0.25) is 0 Å². The van der Waals surface area contributed by atoms with Crippen LogP contribution in [0.15, 0.2) is 53.5 Å². The fourth-order valence-corrected chi connectivity index (χ4v) is 3.49. The normalized spacial score (nSPS) is 15.4. The Labute approximate surface area is 140 Å². The van der Waals surface area contributed by atoms with Crippen LogP contribution in [0.3, 0.4) is 0 Å². The summed E-state index contributed by atoms with van der Waals surface area (Å²) in [6.07, 6.45) is 0.231. The number of ether oxygens (including phenoxy) is 1. The van der Waals surface area contributed by atoms with Crippen LogP contribution in [-0.4, -0.2) is 25.3 Å². The second-order valence-electron chi connectivity index (χ2n) is 5.25. The lowest BCUT2D eigenvalue weighted by atomic mass is 10.1. The summed E-state index contributed by atoms with van der Waals surface area (Å²) in [6, 6.07) is 16.0. The lowest BCUT2D eigenvalue weighted by Gasteiger charge is -2.28. The number of nitrogens with zero attached hydrogens (tertiary/aromatic N) is 2. The number of anilines is 1. The third-order valence-corrected chi connectivity index (χ3v) is 4.85. The zero-order chi connectivity index (χ0) is 16.2. The highest BCUT2D eigenvalue weighted by Gasteiger charge is 2.20. The predicted molar refractivity (Wildman–Crippen MR) is 95.4 cm³/mol. The summed E-state index contributed by atoms with van der Waals surface area (Å²) >= 11 is 1.70. The van der Waals surface area contributed by atoms with Gasteiger partial charge in [0.05, 0.1) is 19.2 Å². The zero-order valence-corrected chi connectivity index (χ0v) is 14.0. The Morgan fingerprint density at radius 3 is 2.78 bits per heavy atom. The molecule has 0 fully saturated rings. The topological polar surface area (TPSA) is 41.9 Å². The van der Waals surface area contributed by atoms with Crippen LogP contribution in [0.5, 0.6) is 0 Å². The van der Waals surface area contributed by atoms with Crippen LogP contribution in [0.4, 0.5) is 11.4 Å². The largest absolute Gasteiger partial charge is 0.469 e. The van der Waals surface area contributed by atoms with Gasteiger partial charge in [-0.05, 0) is 23.3 Å². The molecule has 2 aromatic rings. The molecule has 0 bridgehead atoms. The summed E-state index contributed by atoms with van der Waals surface area (Å²) in [4.78, 5) is 18.4. The Bertz CT molecular complexity index is 758. The molecule has 1 aliphatic heterocycles. The van der Waals surface area contributed by atoms with Crippen molar-refractivity contribution in [3.8, 4) is 0 Å². The number of fused-ring (bicyclic) bond motifs is 1. The van der Waals surface area contributed by atoms with Gasteiger partial charge in [-0.2, -0.15) is 0 Å². The van der Waals surface area contributed by atoms with E-state index in [0.717, 1.165) is 22.2 Å². The summed E-state index contributed by atoms with van der Waals surface area (Å²) in [5.74, 6) is 0.644. The fourth-order valence-electron chi connectivity index (χ4n) is 2.51. The van der Waals surface area contributed by atoms with Gasteiger partial charge in [0, 0.05) is 18.5 Å². The number of aliphatic imine (C=N–C) groups is 1. The Hall–Kier alpha value is -2.27. The number of hydrogen-bond donors (Lipinski definition) is 0. The summed E-state index contributed by atoms with van der Waals surface area (Å²) in [5, 5.41) is 0.931. The number of esters is 1. The maximum atomic E-state index is 11.6. The quantitative estimate of drug-likeness (QED) is 0.805. The Morgan fingerprint density at radius 1 is 1.22 bits per heavy atom. The van der Waals surface area contributed by atoms with Crippen molar-refractivity contribution in [2.75, 3.05) is 19.1 Å². The average molecular weight is 326 g/mol. The maximum Gasteiger partial charge on any atom is 0.310 e. The first-order valence-corrected chi connectivity index (χ1v) is 8.35. The molecule has 3 rings (SSSR count). The molecule has 0 radical (unpaired) electrons. The van der Waals surface area contributed by atoms with Gasteiger partial charge >= 0.3 is 5.97 Å². The molecular formula is C18H18N2O2S. The summed E-state index contributed by atoms with van der Waals surface area (Å²) in [5.41, 5.74) is 4.17. The van der Waals surface area contributed by atoms with Gasteiger partial charge in [0.25, 0.3) is 0 Å². The molecule has 5 heteroatoms. The standard InChI is InChI=1S/C18H18N2O2S/c1-20-16-10-6-4-8-14(16)12-23-18(20)19-15-9-5-3-7-13(15)11-17(21)22-2/h3-10H,11-12H2,1-2H3. The van der Waals surface area contributed by atoms with Crippen molar-refractivity contribution in [1.29, 1.82) is 0 Å². The second-order valence-corrected chi connectivity index (χ2v) is 6.19. The van der Waals surface area contributed by atoms with Crippen LogP contribution in [0.1, 0.15) is 11.1 Å². The van der Waals surface area contributed by atoms with Crippen molar-refractivity contribution >= 4 is 34.3 Å². The van der Waals surface area contributed by atoms with Crippen molar-refractivity contribution < 1.29 is 9.53 Å². The molecule has 0 N–H and O–H groups in total. The first kappa shape index (κ1) is 15.6.